The molecule has 0 radical (unpaired) electrons. The quantitative estimate of drug-likeness (QED) is 0.879. The van der Waals surface area contributed by atoms with E-state index in [9.17, 15) is 13.2 Å². The van der Waals surface area contributed by atoms with Gasteiger partial charge in [-0.15, -0.1) is 0 Å². The zero-order valence-electron chi connectivity index (χ0n) is 13.2. The van der Waals surface area contributed by atoms with Gasteiger partial charge in [0.1, 0.15) is 5.75 Å². The molecule has 1 aliphatic rings. The summed E-state index contributed by atoms with van der Waals surface area (Å²) in [7, 11) is -3.77. The third-order valence-electron chi connectivity index (χ3n) is 3.66. The van der Waals surface area contributed by atoms with Crippen molar-refractivity contribution in [2.45, 2.75) is 30.9 Å². The van der Waals surface area contributed by atoms with Crippen molar-refractivity contribution in [3.05, 3.63) is 48.3 Å². The van der Waals surface area contributed by atoms with Crippen LogP contribution in [0.5, 0.6) is 5.75 Å². The van der Waals surface area contributed by atoms with Crippen LogP contribution in [0.2, 0.25) is 0 Å². The molecule has 0 spiro atoms. The molecule has 0 saturated carbocycles. The van der Waals surface area contributed by atoms with E-state index in [-0.39, 0.29) is 10.8 Å². The SMILES string of the molecule is C[C@H]1Oc2ccc(S(=O)(=O)N[C@H](C)c3ccccn3)cc2NC1=O. The monoisotopic (exact) mass is 347 g/mol. The van der Waals surface area contributed by atoms with Gasteiger partial charge in [0.25, 0.3) is 5.91 Å². The first-order valence-corrected chi connectivity index (χ1v) is 8.90. The number of carbonyl (C=O) groups excluding carboxylic acids is 1. The van der Waals surface area contributed by atoms with Crippen molar-refractivity contribution in [1.82, 2.24) is 9.71 Å². The molecule has 2 heterocycles. The predicted octanol–water partition coefficient (Wildman–Crippen LogP) is 1.84. The van der Waals surface area contributed by atoms with Gasteiger partial charge in [0.2, 0.25) is 10.0 Å². The second-order valence-electron chi connectivity index (χ2n) is 5.50. The van der Waals surface area contributed by atoms with Crippen LogP contribution in [0.1, 0.15) is 25.6 Å². The topological polar surface area (TPSA) is 97.4 Å². The van der Waals surface area contributed by atoms with Gasteiger partial charge in [0.05, 0.1) is 22.3 Å². The number of pyridine rings is 1. The lowest BCUT2D eigenvalue weighted by molar-refractivity contribution is -0.122. The fourth-order valence-corrected chi connectivity index (χ4v) is 3.59. The molecular formula is C16H17N3O4S. The average molecular weight is 347 g/mol. The number of anilines is 1. The average Bonchev–Trinajstić information content (AvgIpc) is 2.56. The summed E-state index contributed by atoms with van der Waals surface area (Å²) in [5.74, 6) is 0.130. The van der Waals surface area contributed by atoms with E-state index in [1.54, 1.807) is 38.2 Å². The van der Waals surface area contributed by atoms with Crippen molar-refractivity contribution in [2.75, 3.05) is 5.32 Å². The molecule has 3 rings (SSSR count). The Kier molecular flexibility index (Phi) is 4.25. The summed E-state index contributed by atoms with van der Waals surface area (Å²) in [6.07, 6.45) is 0.995. The van der Waals surface area contributed by atoms with E-state index in [2.05, 4.69) is 15.0 Å². The van der Waals surface area contributed by atoms with E-state index < -0.39 is 22.2 Å². The van der Waals surface area contributed by atoms with Gasteiger partial charge in [-0.3, -0.25) is 9.78 Å². The number of ether oxygens (including phenoxy) is 1. The third-order valence-corrected chi connectivity index (χ3v) is 5.19. The highest BCUT2D eigenvalue weighted by atomic mass is 32.2. The van der Waals surface area contributed by atoms with Gasteiger partial charge in [0, 0.05) is 6.20 Å². The predicted molar refractivity (Wildman–Crippen MR) is 88.1 cm³/mol. The van der Waals surface area contributed by atoms with E-state index in [1.165, 1.54) is 18.2 Å². The Hall–Kier alpha value is -2.45. The number of hydrogen-bond acceptors (Lipinski definition) is 5. The number of sulfonamides is 1. The first-order chi connectivity index (χ1) is 11.4. The summed E-state index contributed by atoms with van der Waals surface area (Å²) in [6, 6.07) is 9.17. The Morgan fingerprint density at radius 3 is 2.79 bits per heavy atom. The van der Waals surface area contributed by atoms with Gasteiger partial charge < -0.3 is 10.1 Å². The number of rotatable bonds is 4. The van der Waals surface area contributed by atoms with E-state index in [0.717, 1.165) is 0 Å². The molecule has 0 bridgehead atoms. The molecule has 1 aromatic heterocycles. The minimum absolute atomic E-state index is 0.0440. The number of amides is 1. The third kappa shape index (κ3) is 3.24. The Bertz CT molecular complexity index is 868. The van der Waals surface area contributed by atoms with E-state index in [1.807, 2.05) is 0 Å². The maximum absolute atomic E-state index is 12.6. The number of hydrogen-bond donors (Lipinski definition) is 2. The number of nitrogens with one attached hydrogen (secondary N) is 2. The molecule has 24 heavy (non-hydrogen) atoms. The van der Waals surface area contributed by atoms with Gasteiger partial charge in [-0.2, -0.15) is 0 Å². The van der Waals surface area contributed by atoms with E-state index >= 15 is 0 Å². The molecule has 126 valence electrons. The van der Waals surface area contributed by atoms with Crippen molar-refractivity contribution in [3.63, 3.8) is 0 Å². The summed E-state index contributed by atoms with van der Waals surface area (Å²) in [4.78, 5) is 15.9. The number of fused-ring (bicyclic) bond motifs is 1. The molecule has 1 amide bonds. The molecule has 2 N–H and O–H groups in total. The van der Waals surface area contributed by atoms with Crippen molar-refractivity contribution in [2.24, 2.45) is 0 Å². The molecule has 1 aliphatic heterocycles. The largest absolute Gasteiger partial charge is 0.479 e. The molecule has 0 saturated heterocycles. The molecule has 7 nitrogen and oxygen atoms in total. The maximum atomic E-state index is 12.6. The number of benzene rings is 1. The van der Waals surface area contributed by atoms with Crippen LogP contribution >= 0.6 is 0 Å². The van der Waals surface area contributed by atoms with Crippen LogP contribution in [0.25, 0.3) is 0 Å². The smallest absolute Gasteiger partial charge is 0.265 e. The minimum Gasteiger partial charge on any atom is -0.479 e. The minimum atomic E-state index is -3.77. The van der Waals surface area contributed by atoms with Crippen molar-refractivity contribution >= 4 is 21.6 Å². The molecule has 2 atom stereocenters. The molecular weight excluding hydrogens is 330 g/mol. The summed E-state index contributed by atoms with van der Waals surface area (Å²) < 4.78 is 33.1. The molecule has 0 aliphatic carbocycles. The number of nitrogens with zero attached hydrogens (tertiary/aromatic N) is 1. The van der Waals surface area contributed by atoms with Crippen LogP contribution < -0.4 is 14.8 Å². The second-order valence-corrected chi connectivity index (χ2v) is 7.22. The Morgan fingerprint density at radius 2 is 2.08 bits per heavy atom. The van der Waals surface area contributed by atoms with Crippen molar-refractivity contribution < 1.29 is 17.9 Å². The Labute approximate surface area is 140 Å². The summed E-state index contributed by atoms with van der Waals surface area (Å²) in [5, 5.41) is 2.64. The highest BCUT2D eigenvalue weighted by Gasteiger charge is 2.26. The van der Waals surface area contributed by atoms with Crippen molar-refractivity contribution in [1.29, 1.82) is 0 Å². The summed E-state index contributed by atoms with van der Waals surface area (Å²) in [6.45, 7) is 3.34. The van der Waals surface area contributed by atoms with Crippen LogP contribution in [0.15, 0.2) is 47.5 Å². The maximum Gasteiger partial charge on any atom is 0.265 e. The van der Waals surface area contributed by atoms with Gasteiger partial charge in [0.15, 0.2) is 6.10 Å². The number of aromatic nitrogens is 1. The molecule has 8 heteroatoms. The molecule has 0 unspecified atom stereocenters. The van der Waals surface area contributed by atoms with E-state index in [4.69, 9.17) is 4.74 Å². The molecule has 2 aromatic rings. The number of carbonyl (C=O) groups is 1. The van der Waals surface area contributed by atoms with Gasteiger partial charge >= 0.3 is 0 Å². The fraction of sp³-hybridized carbons (Fsp3) is 0.250. The van der Waals surface area contributed by atoms with Gasteiger partial charge in [-0.05, 0) is 44.2 Å². The first kappa shape index (κ1) is 16.4. The lowest BCUT2D eigenvalue weighted by atomic mass is 10.2. The van der Waals surface area contributed by atoms with Crippen LogP contribution in [0.3, 0.4) is 0 Å². The zero-order chi connectivity index (χ0) is 17.3. The fourth-order valence-electron chi connectivity index (χ4n) is 2.35. The highest BCUT2D eigenvalue weighted by Crippen LogP contribution is 2.32. The molecule has 1 aromatic carbocycles. The standard InChI is InChI=1S/C16H17N3O4S/c1-10(13-5-3-4-8-17-13)19-24(21,22)12-6-7-15-14(9-12)18-16(20)11(2)23-15/h3-11,19H,1-2H3,(H,18,20)/t10-,11-/m1/s1. The van der Waals surface area contributed by atoms with E-state index in [0.29, 0.717) is 17.1 Å². The van der Waals surface area contributed by atoms with Crippen LogP contribution in [-0.2, 0) is 14.8 Å². The first-order valence-electron chi connectivity index (χ1n) is 7.41. The van der Waals surface area contributed by atoms with Crippen LogP contribution in [0.4, 0.5) is 5.69 Å². The van der Waals surface area contributed by atoms with Gasteiger partial charge in [-0.1, -0.05) is 6.07 Å². The second kappa shape index (κ2) is 6.21. The normalized spacial score (nSPS) is 18.2. The molecule has 0 fully saturated rings. The van der Waals surface area contributed by atoms with Gasteiger partial charge in [-0.25, -0.2) is 13.1 Å². The van der Waals surface area contributed by atoms with Crippen LogP contribution in [-0.4, -0.2) is 25.4 Å². The lowest BCUT2D eigenvalue weighted by Gasteiger charge is -2.23. The lowest BCUT2D eigenvalue weighted by Crippen LogP contribution is -2.34. The summed E-state index contributed by atoms with van der Waals surface area (Å²) in [5.41, 5.74) is 0.955. The highest BCUT2D eigenvalue weighted by molar-refractivity contribution is 7.89. The Morgan fingerprint density at radius 1 is 1.29 bits per heavy atom. The Balaban J connectivity index is 1.85. The summed E-state index contributed by atoms with van der Waals surface area (Å²) >= 11 is 0. The zero-order valence-corrected chi connectivity index (χ0v) is 14.0. The van der Waals surface area contributed by atoms with Crippen molar-refractivity contribution in [3.8, 4) is 5.75 Å². The van der Waals surface area contributed by atoms with Crippen LogP contribution in [0, 0.1) is 0 Å².